The molecule has 74 valence electrons. The lowest BCUT2D eigenvalue weighted by atomic mass is 10.2. The lowest BCUT2D eigenvalue weighted by Gasteiger charge is -2.23. The van der Waals surface area contributed by atoms with Gasteiger partial charge in [-0.3, -0.25) is 4.90 Å². The van der Waals surface area contributed by atoms with Crippen molar-refractivity contribution >= 4 is 0 Å². The minimum atomic E-state index is -0.119. The highest BCUT2D eigenvalue weighted by molar-refractivity contribution is 4.92. The normalized spacial score (nSPS) is 21.8. The largest absolute Gasteiger partial charge is 0.382 e. The van der Waals surface area contributed by atoms with E-state index in [-0.39, 0.29) is 6.04 Å². The third-order valence-electron chi connectivity index (χ3n) is 2.17. The molecule has 0 N–H and O–H groups in total. The van der Waals surface area contributed by atoms with Crippen molar-refractivity contribution < 1.29 is 9.47 Å². The molecule has 1 aliphatic rings. The fraction of sp³-hybridized carbons (Fsp3) is 0.889. The zero-order valence-electron chi connectivity index (χ0n) is 8.03. The second kappa shape index (κ2) is 5.92. The first-order valence-electron chi connectivity index (χ1n) is 4.59. The topological polar surface area (TPSA) is 45.5 Å². The molecule has 0 radical (unpaired) electrons. The molecular weight excluding hydrogens is 168 g/mol. The van der Waals surface area contributed by atoms with Gasteiger partial charge in [0.2, 0.25) is 0 Å². The van der Waals surface area contributed by atoms with Crippen LogP contribution in [0.5, 0.6) is 0 Å². The molecule has 0 bridgehead atoms. The van der Waals surface area contributed by atoms with Gasteiger partial charge < -0.3 is 9.47 Å². The maximum atomic E-state index is 8.89. The van der Waals surface area contributed by atoms with Crippen molar-refractivity contribution in [2.75, 3.05) is 40.0 Å². The molecule has 4 nitrogen and oxygen atoms in total. The second-order valence-electron chi connectivity index (χ2n) is 3.10. The molecule has 0 aromatic carbocycles. The van der Waals surface area contributed by atoms with Crippen LogP contribution in [0.1, 0.15) is 6.42 Å². The number of hydrogen-bond acceptors (Lipinski definition) is 4. The molecule has 0 amide bonds. The van der Waals surface area contributed by atoms with Crippen LogP contribution in [0.2, 0.25) is 0 Å². The third kappa shape index (κ3) is 3.31. The summed E-state index contributed by atoms with van der Waals surface area (Å²) in [6.07, 6.45) is 1.00. The van der Waals surface area contributed by atoms with Gasteiger partial charge in [-0.15, -0.1) is 0 Å². The van der Waals surface area contributed by atoms with Gasteiger partial charge in [0, 0.05) is 26.8 Å². The van der Waals surface area contributed by atoms with Crippen molar-refractivity contribution in [2.24, 2.45) is 0 Å². The fourth-order valence-corrected chi connectivity index (χ4v) is 1.46. The molecular formula is C9H16N2O2. The van der Waals surface area contributed by atoms with Crippen molar-refractivity contribution in [3.8, 4) is 6.07 Å². The highest BCUT2D eigenvalue weighted by Crippen LogP contribution is 2.04. The summed E-state index contributed by atoms with van der Waals surface area (Å²) in [5.74, 6) is 0. The van der Waals surface area contributed by atoms with Crippen LogP contribution in [0.15, 0.2) is 0 Å². The molecule has 1 aliphatic heterocycles. The summed E-state index contributed by atoms with van der Waals surface area (Å²) in [5.41, 5.74) is 0. The van der Waals surface area contributed by atoms with E-state index in [4.69, 9.17) is 14.7 Å². The van der Waals surface area contributed by atoms with E-state index in [0.717, 1.165) is 32.7 Å². The standard InChI is InChI=1S/C9H16N2O2/c1-12-8-9(7-10)11-3-2-5-13-6-4-11/h9H,2-6,8H2,1H3. The lowest BCUT2D eigenvalue weighted by Crippen LogP contribution is -2.39. The van der Waals surface area contributed by atoms with Gasteiger partial charge in [0.05, 0.1) is 19.3 Å². The summed E-state index contributed by atoms with van der Waals surface area (Å²) in [4.78, 5) is 2.12. The van der Waals surface area contributed by atoms with E-state index >= 15 is 0 Å². The van der Waals surface area contributed by atoms with Crippen LogP contribution >= 0.6 is 0 Å². The molecule has 13 heavy (non-hydrogen) atoms. The zero-order valence-corrected chi connectivity index (χ0v) is 8.03. The lowest BCUT2D eigenvalue weighted by molar-refractivity contribution is 0.105. The summed E-state index contributed by atoms with van der Waals surface area (Å²) in [6, 6.07) is 2.13. The number of hydrogen-bond donors (Lipinski definition) is 0. The molecule has 1 rings (SSSR count). The third-order valence-corrected chi connectivity index (χ3v) is 2.17. The Morgan fingerprint density at radius 2 is 2.38 bits per heavy atom. The van der Waals surface area contributed by atoms with E-state index < -0.39 is 0 Å². The predicted molar refractivity (Wildman–Crippen MR) is 48.3 cm³/mol. The SMILES string of the molecule is COCC(C#N)N1CCCOCC1. The Labute approximate surface area is 79.0 Å². The molecule has 0 spiro atoms. The maximum absolute atomic E-state index is 8.89. The van der Waals surface area contributed by atoms with E-state index in [1.165, 1.54) is 0 Å². The van der Waals surface area contributed by atoms with Crippen LogP contribution in [0.4, 0.5) is 0 Å². The monoisotopic (exact) mass is 184 g/mol. The van der Waals surface area contributed by atoms with Crippen LogP contribution in [-0.4, -0.2) is 51.0 Å². The van der Waals surface area contributed by atoms with E-state index in [1.54, 1.807) is 7.11 Å². The minimum absolute atomic E-state index is 0.119. The highest BCUT2D eigenvalue weighted by Gasteiger charge is 2.18. The Hall–Kier alpha value is -0.630. The van der Waals surface area contributed by atoms with Gasteiger partial charge in [-0.1, -0.05) is 0 Å². The predicted octanol–water partition coefficient (Wildman–Crippen LogP) is 0.247. The van der Waals surface area contributed by atoms with E-state index in [2.05, 4.69) is 11.0 Å². The molecule has 0 aliphatic carbocycles. The molecule has 1 fully saturated rings. The van der Waals surface area contributed by atoms with Crippen molar-refractivity contribution in [3.63, 3.8) is 0 Å². The molecule has 1 saturated heterocycles. The van der Waals surface area contributed by atoms with Crippen molar-refractivity contribution in [1.82, 2.24) is 4.90 Å². The Balaban J connectivity index is 2.41. The quantitative estimate of drug-likeness (QED) is 0.630. The van der Waals surface area contributed by atoms with Gasteiger partial charge in [-0.05, 0) is 6.42 Å². The van der Waals surface area contributed by atoms with Gasteiger partial charge in [0.1, 0.15) is 6.04 Å². The van der Waals surface area contributed by atoms with Crippen LogP contribution < -0.4 is 0 Å². The van der Waals surface area contributed by atoms with Gasteiger partial charge in [0.25, 0.3) is 0 Å². The van der Waals surface area contributed by atoms with Gasteiger partial charge in [0.15, 0.2) is 0 Å². The molecule has 0 saturated carbocycles. The van der Waals surface area contributed by atoms with Crippen LogP contribution in [0, 0.1) is 11.3 Å². The first-order valence-corrected chi connectivity index (χ1v) is 4.59. The highest BCUT2D eigenvalue weighted by atomic mass is 16.5. The summed E-state index contributed by atoms with van der Waals surface area (Å²) >= 11 is 0. The minimum Gasteiger partial charge on any atom is -0.382 e. The smallest absolute Gasteiger partial charge is 0.121 e. The fourth-order valence-electron chi connectivity index (χ4n) is 1.46. The van der Waals surface area contributed by atoms with E-state index in [9.17, 15) is 0 Å². The Kier molecular flexibility index (Phi) is 4.76. The van der Waals surface area contributed by atoms with E-state index in [1.807, 2.05) is 0 Å². The van der Waals surface area contributed by atoms with Gasteiger partial charge >= 0.3 is 0 Å². The van der Waals surface area contributed by atoms with Crippen molar-refractivity contribution in [1.29, 1.82) is 5.26 Å². The van der Waals surface area contributed by atoms with Crippen LogP contribution in [0.3, 0.4) is 0 Å². The van der Waals surface area contributed by atoms with Crippen LogP contribution in [-0.2, 0) is 9.47 Å². The molecule has 1 heterocycles. The Morgan fingerprint density at radius 1 is 1.54 bits per heavy atom. The maximum Gasteiger partial charge on any atom is 0.121 e. The number of ether oxygens (including phenoxy) is 2. The average Bonchev–Trinajstić information content (AvgIpc) is 2.42. The number of nitriles is 1. The first kappa shape index (κ1) is 10.5. The molecule has 0 aromatic heterocycles. The Bertz CT molecular complexity index is 171. The summed E-state index contributed by atoms with van der Waals surface area (Å²) in [7, 11) is 1.62. The van der Waals surface area contributed by atoms with Crippen molar-refractivity contribution in [3.05, 3.63) is 0 Å². The second-order valence-corrected chi connectivity index (χ2v) is 3.10. The molecule has 1 atom stereocenters. The van der Waals surface area contributed by atoms with E-state index in [0.29, 0.717) is 6.61 Å². The zero-order chi connectivity index (χ0) is 9.52. The summed E-state index contributed by atoms with van der Waals surface area (Å²) < 4.78 is 10.3. The number of methoxy groups -OCH3 is 1. The molecule has 1 unspecified atom stereocenters. The summed E-state index contributed by atoms with van der Waals surface area (Å²) in [6.45, 7) is 3.78. The Morgan fingerprint density at radius 3 is 3.08 bits per heavy atom. The van der Waals surface area contributed by atoms with Crippen molar-refractivity contribution in [2.45, 2.75) is 12.5 Å². The molecule has 0 aromatic rings. The van der Waals surface area contributed by atoms with Crippen LogP contribution in [0.25, 0.3) is 0 Å². The average molecular weight is 184 g/mol. The van der Waals surface area contributed by atoms with Gasteiger partial charge in [-0.25, -0.2) is 0 Å². The van der Waals surface area contributed by atoms with Gasteiger partial charge in [-0.2, -0.15) is 5.26 Å². The number of nitrogens with zero attached hydrogens (tertiary/aromatic N) is 2. The summed E-state index contributed by atoms with van der Waals surface area (Å²) in [5, 5.41) is 8.89. The first-order chi connectivity index (χ1) is 6.38. The molecule has 4 heteroatoms. The number of rotatable bonds is 3.